The third-order valence-electron chi connectivity index (χ3n) is 4.70. The zero-order valence-electron chi connectivity index (χ0n) is 14.6. The minimum absolute atomic E-state index is 0.277. The van der Waals surface area contributed by atoms with Gasteiger partial charge in [0.05, 0.1) is 19.0 Å². The molecular weight excluding hydrogens is 344 g/mol. The molecule has 1 fully saturated rings. The largest absolute Gasteiger partial charge is 0.465 e. The minimum Gasteiger partial charge on any atom is -0.465 e. The number of rotatable bonds is 4. The Bertz CT molecular complexity index is 1110. The maximum atomic E-state index is 12.1. The van der Waals surface area contributed by atoms with Crippen molar-refractivity contribution in [1.29, 1.82) is 0 Å². The van der Waals surface area contributed by atoms with Crippen molar-refractivity contribution >= 4 is 5.97 Å². The van der Waals surface area contributed by atoms with Crippen LogP contribution in [0.25, 0.3) is 28.7 Å². The summed E-state index contributed by atoms with van der Waals surface area (Å²) in [6.07, 6.45) is 5.21. The van der Waals surface area contributed by atoms with Crippen LogP contribution in [-0.4, -0.2) is 32.8 Å². The number of hydrogen-bond donors (Lipinski definition) is 0. The van der Waals surface area contributed by atoms with E-state index in [-0.39, 0.29) is 5.92 Å². The van der Waals surface area contributed by atoms with Gasteiger partial charge in [-0.05, 0) is 37.1 Å². The van der Waals surface area contributed by atoms with Gasteiger partial charge in [0.25, 0.3) is 5.95 Å². The number of fused-ring (bicyclic) bond motifs is 1. The third kappa shape index (κ3) is 2.68. The topological polar surface area (TPSA) is 83.0 Å². The van der Waals surface area contributed by atoms with Crippen molar-refractivity contribution in [2.45, 2.75) is 18.8 Å². The van der Waals surface area contributed by atoms with E-state index in [1.54, 1.807) is 16.9 Å². The summed E-state index contributed by atoms with van der Waals surface area (Å²) in [5.74, 6) is 1.74. The molecule has 0 unspecified atom stereocenters. The molecule has 0 radical (unpaired) electrons. The van der Waals surface area contributed by atoms with Gasteiger partial charge in [0.2, 0.25) is 0 Å². The fraction of sp³-hybridized carbons (Fsp3) is 0.200. The first-order valence-electron chi connectivity index (χ1n) is 8.73. The number of aromatic nitrogens is 4. The van der Waals surface area contributed by atoms with Crippen molar-refractivity contribution in [3.63, 3.8) is 0 Å². The number of ether oxygens (including phenoxy) is 1. The van der Waals surface area contributed by atoms with E-state index in [0.29, 0.717) is 23.0 Å². The van der Waals surface area contributed by atoms with Crippen LogP contribution in [0.3, 0.4) is 0 Å². The van der Waals surface area contributed by atoms with Gasteiger partial charge in [-0.1, -0.05) is 12.1 Å². The molecule has 2 aromatic rings. The normalized spacial score (nSPS) is 13.8. The van der Waals surface area contributed by atoms with Gasteiger partial charge in [-0.2, -0.15) is 5.10 Å². The Morgan fingerprint density at radius 3 is 2.89 bits per heavy atom. The smallest absolute Gasteiger partial charge is 0.341 e. The maximum Gasteiger partial charge on any atom is 0.341 e. The van der Waals surface area contributed by atoms with Crippen LogP contribution in [-0.2, 0) is 4.74 Å². The quantitative estimate of drug-likeness (QED) is 0.516. The lowest BCUT2D eigenvalue weighted by Gasteiger charge is -2.08. The van der Waals surface area contributed by atoms with E-state index in [2.05, 4.69) is 15.1 Å². The van der Waals surface area contributed by atoms with Gasteiger partial charge >= 0.3 is 5.97 Å². The van der Waals surface area contributed by atoms with E-state index in [1.165, 1.54) is 13.3 Å². The van der Waals surface area contributed by atoms with Gasteiger partial charge in [0, 0.05) is 17.7 Å². The number of carbonyl (C=O) groups excluding carboxylic acids is 1. The zero-order valence-corrected chi connectivity index (χ0v) is 14.6. The number of hydrogen-bond acceptors (Lipinski definition) is 6. The van der Waals surface area contributed by atoms with Crippen LogP contribution in [0.2, 0.25) is 0 Å². The Kier molecular flexibility index (Phi) is 3.53. The Labute approximate surface area is 155 Å². The molecule has 134 valence electrons. The van der Waals surface area contributed by atoms with Gasteiger partial charge in [-0.15, -0.1) is 0 Å². The summed E-state index contributed by atoms with van der Waals surface area (Å²) in [7, 11) is 1.37. The summed E-state index contributed by atoms with van der Waals surface area (Å²) in [6.45, 7) is 0. The van der Waals surface area contributed by atoms with Crippen molar-refractivity contribution in [2.24, 2.45) is 0 Å². The molecule has 0 aromatic carbocycles. The second kappa shape index (κ2) is 6.05. The molecule has 2 aliphatic carbocycles. The van der Waals surface area contributed by atoms with Crippen molar-refractivity contribution in [3.8, 4) is 28.7 Å². The lowest BCUT2D eigenvalue weighted by molar-refractivity contribution is 0.0599. The SMILES string of the molecule is COC(=O)c1cnn(-c2nccc(-c3ccc4cccc-4o3)n2)c1C1CC1. The highest BCUT2D eigenvalue weighted by molar-refractivity contribution is 5.90. The summed E-state index contributed by atoms with van der Waals surface area (Å²) in [5, 5.41) is 4.35. The van der Waals surface area contributed by atoms with Crippen molar-refractivity contribution in [3.05, 3.63) is 60.0 Å². The molecule has 0 atom stereocenters. The lowest BCUT2D eigenvalue weighted by Crippen LogP contribution is -2.10. The molecule has 27 heavy (non-hydrogen) atoms. The first-order valence-corrected chi connectivity index (χ1v) is 8.73. The number of nitrogens with zero attached hydrogens (tertiary/aromatic N) is 4. The number of carbonyl (C=O) groups is 1. The van der Waals surface area contributed by atoms with Crippen LogP contribution < -0.4 is 0 Å². The van der Waals surface area contributed by atoms with Crippen LogP contribution >= 0.6 is 0 Å². The zero-order chi connectivity index (χ0) is 18.4. The molecule has 3 heterocycles. The van der Waals surface area contributed by atoms with Gasteiger partial charge < -0.3 is 9.15 Å². The highest BCUT2D eigenvalue weighted by Crippen LogP contribution is 2.42. The molecule has 1 saturated carbocycles. The third-order valence-corrected chi connectivity index (χ3v) is 4.70. The molecule has 5 rings (SSSR count). The fourth-order valence-corrected chi connectivity index (χ4v) is 3.23. The number of methoxy groups -OCH3 is 1. The minimum atomic E-state index is -0.393. The summed E-state index contributed by atoms with van der Waals surface area (Å²) in [6, 6.07) is 11.5. The van der Waals surface area contributed by atoms with Gasteiger partial charge in [-0.25, -0.2) is 19.4 Å². The van der Waals surface area contributed by atoms with E-state index in [4.69, 9.17) is 9.15 Å². The van der Waals surface area contributed by atoms with Crippen molar-refractivity contribution < 1.29 is 13.9 Å². The maximum absolute atomic E-state index is 12.1. The monoisotopic (exact) mass is 360 g/mol. The Morgan fingerprint density at radius 1 is 1.19 bits per heavy atom. The second-order valence-corrected chi connectivity index (χ2v) is 6.51. The Morgan fingerprint density at radius 2 is 2.07 bits per heavy atom. The van der Waals surface area contributed by atoms with E-state index >= 15 is 0 Å². The van der Waals surface area contributed by atoms with Crippen molar-refractivity contribution in [2.75, 3.05) is 7.11 Å². The summed E-state index contributed by atoms with van der Waals surface area (Å²) in [5.41, 5.74) is 2.97. The average Bonchev–Trinajstić information content (AvgIpc) is 3.27. The van der Waals surface area contributed by atoms with E-state index in [9.17, 15) is 4.79 Å². The highest BCUT2D eigenvalue weighted by atomic mass is 16.5. The molecule has 0 saturated heterocycles. The van der Waals surface area contributed by atoms with Crippen LogP contribution in [0, 0.1) is 0 Å². The van der Waals surface area contributed by atoms with Crippen LogP contribution in [0.15, 0.2) is 53.2 Å². The molecule has 3 aliphatic rings. The summed E-state index contributed by atoms with van der Waals surface area (Å²) < 4.78 is 12.5. The molecule has 2 aromatic heterocycles. The van der Waals surface area contributed by atoms with E-state index in [1.807, 2.05) is 30.3 Å². The Hall–Kier alpha value is -3.48. The molecule has 1 aliphatic heterocycles. The first kappa shape index (κ1) is 15.7. The van der Waals surface area contributed by atoms with E-state index in [0.717, 1.165) is 29.9 Å². The van der Waals surface area contributed by atoms with Crippen LogP contribution in [0.4, 0.5) is 0 Å². The molecule has 7 heteroatoms. The van der Waals surface area contributed by atoms with Gasteiger partial charge in [0.1, 0.15) is 17.0 Å². The molecule has 7 nitrogen and oxygen atoms in total. The number of esters is 1. The predicted molar refractivity (Wildman–Crippen MR) is 96.8 cm³/mol. The average molecular weight is 360 g/mol. The van der Waals surface area contributed by atoms with Gasteiger partial charge in [0.15, 0.2) is 5.76 Å². The standard InChI is InChI=1S/C20H16N4O3/c1-26-19(25)14-11-22-24(18(14)13-5-6-13)20-21-10-9-15(23-20)17-8-7-12-3-2-4-16(12)27-17/h2-4,7-11,13H,5-6H2,1H3. The first-order chi connectivity index (χ1) is 13.2. The molecule has 0 bridgehead atoms. The van der Waals surface area contributed by atoms with Crippen LogP contribution in [0.1, 0.15) is 34.8 Å². The molecule has 0 amide bonds. The highest BCUT2D eigenvalue weighted by Gasteiger charge is 2.34. The molecular formula is C20H16N4O3. The summed E-state index contributed by atoms with van der Waals surface area (Å²) in [4.78, 5) is 21.0. The molecule has 0 spiro atoms. The fourth-order valence-electron chi connectivity index (χ4n) is 3.23. The van der Waals surface area contributed by atoms with E-state index < -0.39 is 5.97 Å². The Balaban J connectivity index is 1.59. The predicted octanol–water partition coefficient (Wildman–Crippen LogP) is 3.69. The van der Waals surface area contributed by atoms with Crippen LogP contribution in [0.5, 0.6) is 0 Å². The second-order valence-electron chi connectivity index (χ2n) is 6.51. The van der Waals surface area contributed by atoms with Crippen molar-refractivity contribution in [1.82, 2.24) is 19.7 Å². The molecule has 0 N–H and O–H groups in total. The van der Waals surface area contributed by atoms with Gasteiger partial charge in [-0.3, -0.25) is 0 Å². The summed E-state index contributed by atoms with van der Waals surface area (Å²) >= 11 is 0. The lowest BCUT2D eigenvalue weighted by atomic mass is 10.2.